The number of ether oxygens (including phenoxy) is 2. The fraction of sp³-hybridized carbons (Fsp3) is 0.222. The van der Waals surface area contributed by atoms with Gasteiger partial charge in [0.25, 0.3) is 5.91 Å². The van der Waals surface area contributed by atoms with Gasteiger partial charge < -0.3 is 9.47 Å². The summed E-state index contributed by atoms with van der Waals surface area (Å²) in [7, 11) is 0. The average Bonchev–Trinajstić information content (AvgIpc) is 3.29. The molecule has 7 heteroatoms. The zero-order valence-corrected chi connectivity index (χ0v) is 14.8. The van der Waals surface area contributed by atoms with E-state index in [4.69, 9.17) is 21.1 Å². The standard InChI is InChI=1S/C18H15ClN2O3S/c19-14-4-1-12(2-5-14)10-25-18-20-7-8-21(18)17(22)13-3-6-15-16(9-13)24-11-23-15/h1-6,9H,7-8,10-11H2. The van der Waals surface area contributed by atoms with Crippen molar-refractivity contribution < 1.29 is 14.3 Å². The van der Waals surface area contributed by atoms with Crippen LogP contribution in [-0.4, -0.2) is 35.9 Å². The number of hydrogen-bond acceptors (Lipinski definition) is 5. The van der Waals surface area contributed by atoms with E-state index < -0.39 is 0 Å². The third-order valence-corrected chi connectivity index (χ3v) is 5.28. The van der Waals surface area contributed by atoms with E-state index in [1.807, 2.05) is 24.3 Å². The normalized spacial score (nSPS) is 15.4. The molecule has 0 fully saturated rings. The summed E-state index contributed by atoms with van der Waals surface area (Å²) in [5.74, 6) is 1.94. The van der Waals surface area contributed by atoms with Gasteiger partial charge in [0.1, 0.15) is 0 Å². The maximum Gasteiger partial charge on any atom is 0.260 e. The molecular formula is C18H15ClN2O3S. The molecule has 2 aromatic carbocycles. The van der Waals surface area contributed by atoms with Crippen LogP contribution in [0.25, 0.3) is 0 Å². The second-order valence-corrected chi connectivity index (χ2v) is 6.98. The number of benzene rings is 2. The van der Waals surface area contributed by atoms with Crippen LogP contribution in [0, 0.1) is 0 Å². The highest BCUT2D eigenvalue weighted by Crippen LogP contribution is 2.33. The van der Waals surface area contributed by atoms with Crippen LogP contribution in [0.3, 0.4) is 0 Å². The van der Waals surface area contributed by atoms with Crippen molar-refractivity contribution in [2.75, 3.05) is 19.9 Å². The number of amides is 1. The van der Waals surface area contributed by atoms with Crippen molar-refractivity contribution in [3.05, 3.63) is 58.6 Å². The summed E-state index contributed by atoms with van der Waals surface area (Å²) in [6, 6.07) is 12.9. The van der Waals surface area contributed by atoms with Gasteiger partial charge in [-0.15, -0.1) is 0 Å². The van der Waals surface area contributed by atoms with Crippen LogP contribution in [0.1, 0.15) is 15.9 Å². The Kier molecular flexibility index (Phi) is 4.55. The van der Waals surface area contributed by atoms with Gasteiger partial charge in [-0.2, -0.15) is 0 Å². The Morgan fingerprint density at radius 3 is 2.80 bits per heavy atom. The van der Waals surface area contributed by atoms with Crippen molar-refractivity contribution in [3.63, 3.8) is 0 Å². The van der Waals surface area contributed by atoms with Crippen molar-refractivity contribution >= 4 is 34.4 Å². The number of fused-ring (bicyclic) bond motifs is 1. The van der Waals surface area contributed by atoms with Gasteiger partial charge in [0.05, 0.1) is 6.54 Å². The monoisotopic (exact) mass is 374 g/mol. The molecule has 0 atom stereocenters. The molecule has 0 aliphatic carbocycles. The average molecular weight is 375 g/mol. The van der Waals surface area contributed by atoms with Crippen molar-refractivity contribution in [1.29, 1.82) is 0 Å². The number of thioether (sulfide) groups is 1. The van der Waals surface area contributed by atoms with Gasteiger partial charge in [-0.25, -0.2) is 0 Å². The number of nitrogens with zero attached hydrogens (tertiary/aromatic N) is 2. The predicted molar refractivity (Wildman–Crippen MR) is 98.7 cm³/mol. The number of halogens is 1. The van der Waals surface area contributed by atoms with Crippen molar-refractivity contribution in [1.82, 2.24) is 4.90 Å². The number of amidine groups is 1. The minimum absolute atomic E-state index is 0.0712. The van der Waals surface area contributed by atoms with Gasteiger partial charge in [0.15, 0.2) is 16.7 Å². The van der Waals surface area contributed by atoms with E-state index in [1.165, 1.54) is 0 Å². The van der Waals surface area contributed by atoms with E-state index in [-0.39, 0.29) is 12.7 Å². The van der Waals surface area contributed by atoms with Gasteiger partial charge in [-0.1, -0.05) is 35.5 Å². The van der Waals surface area contributed by atoms with Gasteiger partial charge in [0, 0.05) is 22.9 Å². The molecule has 2 aliphatic heterocycles. The van der Waals surface area contributed by atoms with Crippen molar-refractivity contribution in [2.45, 2.75) is 5.75 Å². The SMILES string of the molecule is O=C(c1ccc2c(c1)OCO2)N1CCN=C1SCc1ccc(Cl)cc1. The minimum Gasteiger partial charge on any atom is -0.454 e. The Balaban J connectivity index is 1.45. The summed E-state index contributed by atoms with van der Waals surface area (Å²) >= 11 is 7.46. The lowest BCUT2D eigenvalue weighted by molar-refractivity contribution is 0.0860. The third kappa shape index (κ3) is 3.45. The molecule has 4 rings (SSSR count). The van der Waals surface area contributed by atoms with Gasteiger partial charge in [0.2, 0.25) is 6.79 Å². The summed E-state index contributed by atoms with van der Waals surface area (Å²) < 4.78 is 10.6. The molecule has 0 unspecified atom stereocenters. The van der Waals surface area contributed by atoms with E-state index in [0.29, 0.717) is 35.2 Å². The number of aliphatic imine (C=N–C) groups is 1. The number of carbonyl (C=O) groups is 1. The first-order valence-electron chi connectivity index (χ1n) is 7.84. The van der Waals surface area contributed by atoms with Crippen molar-refractivity contribution in [2.24, 2.45) is 4.99 Å². The van der Waals surface area contributed by atoms with E-state index in [1.54, 1.807) is 34.9 Å². The zero-order chi connectivity index (χ0) is 17.2. The first kappa shape index (κ1) is 16.3. The molecule has 128 valence electrons. The maximum absolute atomic E-state index is 12.8. The fourth-order valence-electron chi connectivity index (χ4n) is 2.65. The molecule has 2 aromatic rings. The first-order valence-corrected chi connectivity index (χ1v) is 9.20. The second-order valence-electron chi connectivity index (χ2n) is 5.60. The second kappa shape index (κ2) is 6.98. The zero-order valence-electron chi connectivity index (χ0n) is 13.3. The fourth-order valence-corrected chi connectivity index (χ4v) is 3.78. The van der Waals surface area contributed by atoms with Gasteiger partial charge in [-0.3, -0.25) is 14.7 Å². The summed E-state index contributed by atoms with van der Waals surface area (Å²) in [5.41, 5.74) is 1.71. The summed E-state index contributed by atoms with van der Waals surface area (Å²) in [6.07, 6.45) is 0. The lowest BCUT2D eigenvalue weighted by Crippen LogP contribution is -2.32. The van der Waals surface area contributed by atoms with Crippen LogP contribution in [0.15, 0.2) is 47.5 Å². The molecule has 0 saturated carbocycles. The molecule has 2 aliphatic rings. The lowest BCUT2D eigenvalue weighted by atomic mass is 10.2. The van der Waals surface area contributed by atoms with Crippen LogP contribution in [0.4, 0.5) is 0 Å². The number of hydrogen-bond donors (Lipinski definition) is 0. The molecule has 5 nitrogen and oxygen atoms in total. The number of rotatable bonds is 3. The van der Waals surface area contributed by atoms with Gasteiger partial charge >= 0.3 is 0 Å². The predicted octanol–water partition coefficient (Wildman–Crippen LogP) is 3.81. The molecular weight excluding hydrogens is 360 g/mol. The van der Waals surface area contributed by atoms with Gasteiger partial charge in [-0.05, 0) is 35.9 Å². The molecule has 0 saturated heterocycles. The molecule has 0 spiro atoms. The van der Waals surface area contributed by atoms with Crippen LogP contribution in [-0.2, 0) is 5.75 Å². The van der Waals surface area contributed by atoms with Crippen LogP contribution < -0.4 is 9.47 Å². The highest BCUT2D eigenvalue weighted by molar-refractivity contribution is 8.13. The van der Waals surface area contributed by atoms with E-state index in [9.17, 15) is 4.79 Å². The highest BCUT2D eigenvalue weighted by Gasteiger charge is 2.26. The molecule has 2 heterocycles. The largest absolute Gasteiger partial charge is 0.454 e. The molecule has 0 bridgehead atoms. The Morgan fingerprint density at radius 2 is 1.96 bits per heavy atom. The molecule has 0 N–H and O–H groups in total. The van der Waals surface area contributed by atoms with Crippen LogP contribution >= 0.6 is 23.4 Å². The molecule has 0 radical (unpaired) electrons. The third-order valence-electron chi connectivity index (χ3n) is 3.95. The van der Waals surface area contributed by atoms with Crippen molar-refractivity contribution in [3.8, 4) is 11.5 Å². The van der Waals surface area contributed by atoms with E-state index in [2.05, 4.69) is 4.99 Å². The number of carbonyl (C=O) groups excluding carboxylic acids is 1. The Morgan fingerprint density at radius 1 is 1.16 bits per heavy atom. The van der Waals surface area contributed by atoms with E-state index in [0.717, 1.165) is 16.5 Å². The Hall–Kier alpha value is -2.18. The first-order chi connectivity index (χ1) is 12.2. The topological polar surface area (TPSA) is 51.1 Å². The summed E-state index contributed by atoms with van der Waals surface area (Å²) in [5, 5.41) is 1.46. The molecule has 0 aromatic heterocycles. The van der Waals surface area contributed by atoms with Crippen LogP contribution in [0.2, 0.25) is 5.02 Å². The smallest absolute Gasteiger partial charge is 0.260 e. The Bertz CT molecular complexity index is 839. The summed E-state index contributed by atoms with van der Waals surface area (Å²) in [6.45, 7) is 1.41. The molecule has 25 heavy (non-hydrogen) atoms. The van der Waals surface area contributed by atoms with E-state index >= 15 is 0 Å². The lowest BCUT2D eigenvalue weighted by Gasteiger charge is -2.18. The van der Waals surface area contributed by atoms with Crippen LogP contribution in [0.5, 0.6) is 11.5 Å². The quantitative estimate of drug-likeness (QED) is 0.819. The minimum atomic E-state index is -0.0712. The Labute approximate surface area is 154 Å². The molecule has 1 amide bonds. The highest BCUT2D eigenvalue weighted by atomic mass is 35.5. The summed E-state index contributed by atoms with van der Waals surface area (Å²) in [4.78, 5) is 19.0. The maximum atomic E-state index is 12.8.